The first-order valence-corrected chi connectivity index (χ1v) is 11.0. The largest absolute Gasteiger partial charge is 0.433 e. The number of rotatable bonds is 5. The van der Waals surface area contributed by atoms with Gasteiger partial charge in [0.15, 0.2) is 0 Å². The van der Waals surface area contributed by atoms with Gasteiger partial charge in [0.1, 0.15) is 11.5 Å². The van der Waals surface area contributed by atoms with Crippen LogP contribution in [-0.4, -0.2) is 43.6 Å². The molecule has 6 nitrogen and oxygen atoms in total. The summed E-state index contributed by atoms with van der Waals surface area (Å²) in [7, 11) is 0. The molecule has 164 valence electrons. The van der Waals surface area contributed by atoms with Gasteiger partial charge in [-0.3, -0.25) is 9.48 Å². The Labute approximate surface area is 181 Å². The second-order valence-corrected chi connectivity index (χ2v) is 8.57. The Morgan fingerprint density at radius 2 is 2.13 bits per heavy atom. The molecule has 1 aliphatic heterocycles. The van der Waals surface area contributed by atoms with E-state index in [1.807, 2.05) is 19.2 Å². The fraction of sp³-hybridized carbons (Fsp3) is 0.429. The minimum Gasteiger partial charge on any atom is -0.342 e. The van der Waals surface area contributed by atoms with Crippen molar-refractivity contribution in [1.29, 1.82) is 0 Å². The van der Waals surface area contributed by atoms with E-state index in [1.165, 1.54) is 11.3 Å². The molecule has 0 aromatic carbocycles. The average molecular weight is 450 g/mol. The zero-order valence-electron chi connectivity index (χ0n) is 17.0. The molecule has 0 saturated carbocycles. The van der Waals surface area contributed by atoms with E-state index in [-0.39, 0.29) is 29.8 Å². The smallest absolute Gasteiger partial charge is 0.342 e. The van der Waals surface area contributed by atoms with Gasteiger partial charge in [-0.15, -0.1) is 11.3 Å². The van der Waals surface area contributed by atoms with Crippen molar-refractivity contribution in [2.24, 2.45) is 0 Å². The quantitative estimate of drug-likeness (QED) is 0.574. The number of hydrogen-bond donors (Lipinski definition) is 0. The predicted molar refractivity (Wildman–Crippen MR) is 110 cm³/mol. The summed E-state index contributed by atoms with van der Waals surface area (Å²) in [5.74, 6) is -0.215. The molecule has 0 spiro atoms. The summed E-state index contributed by atoms with van der Waals surface area (Å²) in [6, 6.07) is 6.38. The molecule has 0 radical (unpaired) electrons. The van der Waals surface area contributed by atoms with Crippen molar-refractivity contribution in [2.75, 3.05) is 13.1 Å². The normalized spacial score (nSPS) is 17.2. The van der Waals surface area contributed by atoms with Gasteiger partial charge in [0.25, 0.3) is 0 Å². The van der Waals surface area contributed by atoms with Crippen LogP contribution in [0, 0.1) is 6.92 Å². The van der Waals surface area contributed by atoms with Gasteiger partial charge in [-0.25, -0.2) is 9.97 Å². The second kappa shape index (κ2) is 8.78. The van der Waals surface area contributed by atoms with E-state index in [4.69, 9.17) is 0 Å². The molecule has 1 unspecified atom stereocenters. The van der Waals surface area contributed by atoms with E-state index in [9.17, 15) is 18.0 Å². The number of thiophene rings is 1. The van der Waals surface area contributed by atoms with E-state index in [1.54, 1.807) is 27.1 Å². The van der Waals surface area contributed by atoms with Crippen molar-refractivity contribution in [2.45, 2.75) is 44.8 Å². The van der Waals surface area contributed by atoms with Gasteiger partial charge >= 0.3 is 6.18 Å². The zero-order chi connectivity index (χ0) is 22.0. The summed E-state index contributed by atoms with van der Waals surface area (Å²) in [6.45, 7) is 3.26. The van der Waals surface area contributed by atoms with E-state index >= 15 is 0 Å². The van der Waals surface area contributed by atoms with Gasteiger partial charge in [-0.2, -0.15) is 18.3 Å². The molecular formula is C21H22F3N5OS. The molecule has 31 heavy (non-hydrogen) atoms. The van der Waals surface area contributed by atoms with E-state index in [0.29, 0.717) is 37.4 Å². The summed E-state index contributed by atoms with van der Waals surface area (Å²) < 4.78 is 42.1. The average Bonchev–Trinajstić information content (AvgIpc) is 3.43. The number of amides is 1. The molecule has 4 rings (SSSR count). The van der Waals surface area contributed by atoms with E-state index in [2.05, 4.69) is 15.1 Å². The molecular weight excluding hydrogens is 427 g/mol. The number of aryl methyl sites for hydroxylation is 2. The Bertz CT molecular complexity index is 1050. The van der Waals surface area contributed by atoms with Crippen molar-refractivity contribution in [3.05, 3.63) is 53.1 Å². The Balaban J connectivity index is 1.52. The van der Waals surface area contributed by atoms with E-state index in [0.717, 1.165) is 11.8 Å². The van der Waals surface area contributed by atoms with Crippen LogP contribution < -0.4 is 0 Å². The molecule has 1 saturated heterocycles. The number of hydrogen-bond acceptors (Lipinski definition) is 5. The molecule has 3 aromatic heterocycles. The van der Waals surface area contributed by atoms with Crippen molar-refractivity contribution in [1.82, 2.24) is 24.6 Å². The Hall–Kier alpha value is -2.75. The van der Waals surface area contributed by atoms with Crippen LogP contribution >= 0.6 is 11.3 Å². The molecule has 1 aliphatic rings. The van der Waals surface area contributed by atoms with Crippen molar-refractivity contribution >= 4 is 17.2 Å². The lowest BCUT2D eigenvalue weighted by molar-refractivity contribution is -0.141. The van der Waals surface area contributed by atoms with Crippen LogP contribution in [0.5, 0.6) is 0 Å². The number of alkyl halides is 3. The third-order valence-electron chi connectivity index (χ3n) is 5.28. The highest BCUT2D eigenvalue weighted by atomic mass is 32.1. The molecule has 3 aromatic rings. The monoisotopic (exact) mass is 449 g/mol. The summed E-state index contributed by atoms with van der Waals surface area (Å²) >= 11 is 1.33. The molecule has 0 aliphatic carbocycles. The van der Waals surface area contributed by atoms with Gasteiger partial charge in [-0.1, -0.05) is 6.07 Å². The third-order valence-corrected chi connectivity index (χ3v) is 6.17. The van der Waals surface area contributed by atoms with Crippen LogP contribution in [0.4, 0.5) is 13.2 Å². The number of aromatic nitrogens is 4. The number of likely N-dealkylation sites (tertiary alicyclic amines) is 1. The number of halogens is 3. The third kappa shape index (κ3) is 5.12. The van der Waals surface area contributed by atoms with Crippen LogP contribution in [-0.2, 0) is 17.5 Å². The van der Waals surface area contributed by atoms with Gasteiger partial charge in [0, 0.05) is 38.2 Å². The molecule has 0 N–H and O–H groups in total. The highest BCUT2D eigenvalue weighted by Crippen LogP contribution is 2.34. The second-order valence-electron chi connectivity index (χ2n) is 7.62. The molecule has 1 atom stereocenters. The lowest BCUT2D eigenvalue weighted by Gasteiger charge is -2.32. The Morgan fingerprint density at radius 1 is 1.29 bits per heavy atom. The van der Waals surface area contributed by atoms with Crippen molar-refractivity contribution < 1.29 is 18.0 Å². The maximum absolute atomic E-state index is 13.5. The van der Waals surface area contributed by atoms with Gasteiger partial charge in [-0.05, 0) is 43.3 Å². The fourth-order valence-corrected chi connectivity index (χ4v) is 4.40. The molecule has 4 heterocycles. The Morgan fingerprint density at radius 3 is 2.81 bits per heavy atom. The molecule has 1 amide bonds. The van der Waals surface area contributed by atoms with Crippen molar-refractivity contribution in [3.63, 3.8) is 0 Å². The highest BCUT2D eigenvalue weighted by molar-refractivity contribution is 7.13. The van der Waals surface area contributed by atoms with Crippen LogP contribution in [0.3, 0.4) is 0 Å². The number of piperidine rings is 1. The highest BCUT2D eigenvalue weighted by Gasteiger charge is 2.35. The lowest BCUT2D eigenvalue weighted by atomic mass is 9.96. The number of carbonyl (C=O) groups is 1. The van der Waals surface area contributed by atoms with Crippen LogP contribution in [0.15, 0.2) is 35.8 Å². The molecule has 0 bridgehead atoms. The molecule has 1 fully saturated rings. The summed E-state index contributed by atoms with van der Waals surface area (Å²) in [6.07, 6.45) is -1.10. The van der Waals surface area contributed by atoms with Gasteiger partial charge in [0.2, 0.25) is 5.91 Å². The topological polar surface area (TPSA) is 63.9 Å². The van der Waals surface area contributed by atoms with Crippen LogP contribution in [0.1, 0.15) is 42.4 Å². The first kappa shape index (κ1) is 21.5. The van der Waals surface area contributed by atoms with Crippen LogP contribution in [0.25, 0.3) is 10.6 Å². The van der Waals surface area contributed by atoms with Crippen LogP contribution in [0.2, 0.25) is 0 Å². The maximum Gasteiger partial charge on any atom is 0.433 e. The first-order chi connectivity index (χ1) is 14.8. The summed E-state index contributed by atoms with van der Waals surface area (Å²) in [4.78, 5) is 23.4. The summed E-state index contributed by atoms with van der Waals surface area (Å²) in [5.41, 5.74) is 0.206. The molecule has 10 heteroatoms. The van der Waals surface area contributed by atoms with Crippen molar-refractivity contribution in [3.8, 4) is 10.6 Å². The predicted octanol–water partition coefficient (Wildman–Crippen LogP) is 4.53. The first-order valence-electron chi connectivity index (χ1n) is 10.1. The standard InChI is InChI=1S/C21H22F3N5OS/c1-14-6-9-29(27-14)10-7-19(30)28-8-2-4-15(13-28)20-25-16(17-5-3-11-31-17)12-18(26-20)21(22,23)24/h3,5-6,9,11-12,15H,2,4,7-8,10,13H2,1H3. The minimum atomic E-state index is -4.56. The van der Waals surface area contributed by atoms with E-state index < -0.39 is 11.9 Å². The fourth-order valence-electron chi connectivity index (χ4n) is 3.71. The number of carbonyl (C=O) groups excluding carboxylic acids is 1. The number of nitrogens with zero attached hydrogens (tertiary/aromatic N) is 5. The SMILES string of the molecule is Cc1ccn(CCC(=O)N2CCCC(c3nc(-c4cccs4)cc(C(F)(F)F)n3)C2)n1. The van der Waals surface area contributed by atoms with Gasteiger partial charge < -0.3 is 4.90 Å². The Kier molecular flexibility index (Phi) is 6.08. The zero-order valence-corrected chi connectivity index (χ0v) is 17.8. The lowest BCUT2D eigenvalue weighted by Crippen LogP contribution is -2.40. The van der Waals surface area contributed by atoms with Gasteiger partial charge in [0.05, 0.1) is 16.3 Å². The maximum atomic E-state index is 13.5. The minimum absolute atomic E-state index is 0.0386. The summed E-state index contributed by atoms with van der Waals surface area (Å²) in [5, 5.41) is 6.08.